The number of ether oxygens (including phenoxy) is 1. The van der Waals surface area contributed by atoms with Crippen LogP contribution in [0.1, 0.15) is 33.3 Å². The lowest BCUT2D eigenvalue weighted by Crippen LogP contribution is -2.54. The second kappa shape index (κ2) is 6.66. The van der Waals surface area contributed by atoms with Gasteiger partial charge in [0.2, 0.25) is 0 Å². The van der Waals surface area contributed by atoms with Crippen molar-refractivity contribution in [2.45, 2.75) is 45.7 Å². The van der Waals surface area contributed by atoms with Crippen LogP contribution in [-0.4, -0.2) is 24.2 Å². The van der Waals surface area contributed by atoms with Gasteiger partial charge in [0.25, 0.3) is 0 Å². The topological polar surface area (TPSA) is 38.3 Å². The number of hydrogen-bond acceptors (Lipinski definition) is 3. The maximum atomic E-state index is 12.9. The Morgan fingerprint density at radius 1 is 1.37 bits per heavy atom. The molecule has 0 heterocycles. The molecule has 0 spiro atoms. The van der Waals surface area contributed by atoms with E-state index in [-0.39, 0.29) is 17.8 Å². The lowest BCUT2D eigenvalue weighted by Gasteiger charge is -2.30. The van der Waals surface area contributed by atoms with Crippen LogP contribution in [0.4, 0.5) is 4.39 Å². The van der Waals surface area contributed by atoms with E-state index in [1.165, 1.54) is 12.1 Å². The molecule has 0 aliphatic carbocycles. The maximum absolute atomic E-state index is 12.9. The summed E-state index contributed by atoms with van der Waals surface area (Å²) in [5, 5.41) is 3.24. The number of hydrogen-bond donors (Lipinski definition) is 1. The van der Waals surface area contributed by atoms with Crippen molar-refractivity contribution >= 4 is 5.97 Å². The minimum Gasteiger partial charge on any atom is -0.465 e. The van der Waals surface area contributed by atoms with Crippen molar-refractivity contribution < 1.29 is 13.9 Å². The van der Waals surface area contributed by atoms with Gasteiger partial charge in [-0.3, -0.25) is 10.1 Å². The van der Waals surface area contributed by atoms with Gasteiger partial charge in [-0.2, -0.15) is 0 Å². The Labute approximate surface area is 114 Å². The molecule has 4 heteroatoms. The molecule has 0 aliphatic heterocycles. The smallest absolute Gasteiger partial charge is 0.326 e. The van der Waals surface area contributed by atoms with Crippen molar-refractivity contribution in [3.8, 4) is 0 Å². The molecule has 0 aromatic heterocycles. The number of halogens is 1. The highest BCUT2D eigenvalue weighted by Crippen LogP contribution is 2.17. The molecule has 1 aromatic rings. The molecule has 1 atom stereocenters. The highest BCUT2D eigenvalue weighted by molar-refractivity contribution is 5.80. The first kappa shape index (κ1) is 15.6. The Kier molecular flexibility index (Phi) is 5.48. The predicted molar refractivity (Wildman–Crippen MR) is 73.4 cm³/mol. The lowest BCUT2D eigenvalue weighted by atomic mass is 9.92. The summed E-state index contributed by atoms with van der Waals surface area (Å²) in [5.41, 5.74) is 0.0900. The number of esters is 1. The summed E-state index contributed by atoms with van der Waals surface area (Å²) in [4.78, 5) is 12.1. The van der Waals surface area contributed by atoms with E-state index < -0.39 is 5.54 Å². The van der Waals surface area contributed by atoms with Gasteiger partial charge in [-0.15, -0.1) is 0 Å². The standard InChI is InChI=1S/C15H22FNO2/c1-5-19-14(18)15(4,17-11(2)3)10-12-6-8-13(16)9-7-12/h6-9,11,17H,5,10H2,1-4H3. The zero-order valence-electron chi connectivity index (χ0n) is 12.0. The normalized spacial score (nSPS) is 14.2. The Balaban J connectivity index is 2.90. The molecule has 3 nitrogen and oxygen atoms in total. The molecule has 1 aromatic carbocycles. The summed E-state index contributed by atoms with van der Waals surface area (Å²) in [6.07, 6.45) is 0.463. The molecule has 106 valence electrons. The molecule has 1 unspecified atom stereocenters. The van der Waals surface area contributed by atoms with E-state index in [0.717, 1.165) is 5.56 Å². The third-order valence-electron chi connectivity index (χ3n) is 2.80. The molecule has 0 bridgehead atoms. The van der Waals surface area contributed by atoms with E-state index in [1.54, 1.807) is 19.1 Å². The second-order valence-corrected chi connectivity index (χ2v) is 5.15. The van der Waals surface area contributed by atoms with Crippen LogP contribution in [0.2, 0.25) is 0 Å². The zero-order valence-corrected chi connectivity index (χ0v) is 12.0. The second-order valence-electron chi connectivity index (χ2n) is 5.15. The van der Waals surface area contributed by atoms with E-state index >= 15 is 0 Å². The third kappa shape index (κ3) is 4.63. The fourth-order valence-corrected chi connectivity index (χ4v) is 2.12. The molecule has 0 amide bonds. The van der Waals surface area contributed by atoms with Gasteiger partial charge in [-0.25, -0.2) is 4.39 Å². The highest BCUT2D eigenvalue weighted by atomic mass is 19.1. The van der Waals surface area contributed by atoms with Crippen molar-refractivity contribution in [2.24, 2.45) is 0 Å². The first-order chi connectivity index (χ1) is 8.87. The molecular weight excluding hydrogens is 245 g/mol. The summed E-state index contributed by atoms with van der Waals surface area (Å²) < 4.78 is 18.0. The van der Waals surface area contributed by atoms with Gasteiger partial charge in [0.05, 0.1) is 6.61 Å². The fourth-order valence-electron chi connectivity index (χ4n) is 2.12. The van der Waals surface area contributed by atoms with E-state index in [4.69, 9.17) is 4.74 Å². The van der Waals surface area contributed by atoms with Crippen molar-refractivity contribution in [1.82, 2.24) is 5.32 Å². The Morgan fingerprint density at radius 2 is 1.95 bits per heavy atom. The highest BCUT2D eigenvalue weighted by Gasteiger charge is 2.35. The minimum atomic E-state index is -0.804. The summed E-state index contributed by atoms with van der Waals surface area (Å²) in [6.45, 7) is 7.89. The van der Waals surface area contributed by atoms with Crippen LogP contribution in [0.15, 0.2) is 24.3 Å². The maximum Gasteiger partial charge on any atom is 0.326 e. The van der Waals surface area contributed by atoms with E-state index in [1.807, 2.05) is 20.8 Å². The molecule has 0 saturated heterocycles. The Hall–Kier alpha value is -1.42. The van der Waals surface area contributed by atoms with Gasteiger partial charge in [0.15, 0.2) is 0 Å². The average molecular weight is 267 g/mol. The van der Waals surface area contributed by atoms with Gasteiger partial charge < -0.3 is 4.74 Å². The lowest BCUT2D eigenvalue weighted by molar-refractivity contribution is -0.150. The van der Waals surface area contributed by atoms with Crippen LogP contribution < -0.4 is 5.32 Å². The molecular formula is C15H22FNO2. The number of rotatable bonds is 6. The summed E-state index contributed by atoms with van der Waals surface area (Å²) in [7, 11) is 0. The SMILES string of the molecule is CCOC(=O)C(C)(Cc1ccc(F)cc1)NC(C)C. The van der Waals surface area contributed by atoms with Crippen LogP contribution in [0.25, 0.3) is 0 Å². The van der Waals surface area contributed by atoms with Crippen LogP contribution in [0, 0.1) is 5.82 Å². The van der Waals surface area contributed by atoms with Crippen LogP contribution in [-0.2, 0) is 16.0 Å². The minimum absolute atomic E-state index is 0.148. The van der Waals surface area contributed by atoms with Gasteiger partial charge in [0.1, 0.15) is 11.4 Å². The van der Waals surface area contributed by atoms with Crippen LogP contribution in [0.5, 0.6) is 0 Å². The molecule has 0 radical (unpaired) electrons. The summed E-state index contributed by atoms with van der Waals surface area (Å²) in [5.74, 6) is -0.563. The number of carbonyl (C=O) groups is 1. The molecule has 0 aliphatic rings. The van der Waals surface area contributed by atoms with Gasteiger partial charge in [0, 0.05) is 12.5 Å². The van der Waals surface area contributed by atoms with Crippen molar-refractivity contribution in [1.29, 1.82) is 0 Å². The quantitative estimate of drug-likeness (QED) is 0.805. The van der Waals surface area contributed by atoms with Gasteiger partial charge in [-0.1, -0.05) is 12.1 Å². The zero-order chi connectivity index (χ0) is 14.5. The first-order valence-corrected chi connectivity index (χ1v) is 6.56. The Morgan fingerprint density at radius 3 is 2.42 bits per heavy atom. The monoisotopic (exact) mass is 267 g/mol. The molecule has 0 saturated carbocycles. The summed E-state index contributed by atoms with van der Waals surface area (Å²) >= 11 is 0. The Bertz CT molecular complexity index is 417. The average Bonchev–Trinajstić information content (AvgIpc) is 2.31. The van der Waals surface area contributed by atoms with E-state index in [2.05, 4.69) is 5.32 Å². The van der Waals surface area contributed by atoms with Crippen LogP contribution in [0.3, 0.4) is 0 Å². The largest absolute Gasteiger partial charge is 0.465 e. The molecule has 1 rings (SSSR count). The number of benzene rings is 1. The molecule has 1 N–H and O–H groups in total. The first-order valence-electron chi connectivity index (χ1n) is 6.56. The van der Waals surface area contributed by atoms with Crippen LogP contribution >= 0.6 is 0 Å². The van der Waals surface area contributed by atoms with Crippen molar-refractivity contribution in [3.05, 3.63) is 35.6 Å². The van der Waals surface area contributed by atoms with E-state index in [9.17, 15) is 9.18 Å². The fraction of sp³-hybridized carbons (Fsp3) is 0.533. The molecule has 19 heavy (non-hydrogen) atoms. The van der Waals surface area contributed by atoms with Crippen molar-refractivity contribution in [3.63, 3.8) is 0 Å². The molecule has 0 fully saturated rings. The van der Waals surface area contributed by atoms with E-state index in [0.29, 0.717) is 13.0 Å². The van der Waals surface area contributed by atoms with Crippen molar-refractivity contribution in [2.75, 3.05) is 6.61 Å². The summed E-state index contributed by atoms with van der Waals surface area (Å²) in [6, 6.07) is 6.32. The van der Waals surface area contributed by atoms with Gasteiger partial charge in [-0.05, 0) is 45.4 Å². The third-order valence-corrected chi connectivity index (χ3v) is 2.80. The van der Waals surface area contributed by atoms with Gasteiger partial charge >= 0.3 is 5.97 Å². The predicted octanol–water partition coefficient (Wildman–Crippen LogP) is 2.69. The number of carbonyl (C=O) groups excluding carboxylic acids is 1. The number of nitrogens with one attached hydrogen (secondary N) is 1.